The Hall–Kier alpha value is -3.29. The highest BCUT2D eigenvalue weighted by Crippen LogP contribution is 2.38. The van der Waals surface area contributed by atoms with E-state index in [1.54, 1.807) is 12.4 Å². The van der Waals surface area contributed by atoms with E-state index in [0.717, 1.165) is 24.4 Å². The van der Waals surface area contributed by atoms with Crippen LogP contribution in [0.25, 0.3) is 33.5 Å². The summed E-state index contributed by atoms with van der Waals surface area (Å²) in [4.78, 5) is 27.7. The van der Waals surface area contributed by atoms with E-state index < -0.39 is 17.7 Å². The lowest BCUT2D eigenvalue weighted by molar-refractivity contribution is -0.142. The second kappa shape index (κ2) is 5.87. The molecule has 0 bridgehead atoms. The number of carbonyl (C=O) groups is 1. The Morgan fingerprint density at radius 3 is 3.04 bits per heavy atom. The summed E-state index contributed by atoms with van der Waals surface area (Å²) >= 11 is 0. The van der Waals surface area contributed by atoms with Crippen LogP contribution in [-0.4, -0.2) is 35.6 Å². The number of carboxylic acids is 1. The van der Waals surface area contributed by atoms with Gasteiger partial charge in [-0.05, 0) is 25.0 Å². The number of aliphatic carboxylic acids is 1. The summed E-state index contributed by atoms with van der Waals surface area (Å²) in [5, 5.41) is 11.0. The first kappa shape index (κ1) is 15.9. The Morgan fingerprint density at radius 2 is 2.19 bits per heavy atom. The first-order valence-corrected chi connectivity index (χ1v) is 8.81. The minimum atomic E-state index is -0.771. The molecule has 1 aliphatic rings. The van der Waals surface area contributed by atoms with Crippen molar-refractivity contribution in [3.8, 4) is 11.4 Å². The number of hydrogen-bond acceptors (Lipinski definition) is 4. The van der Waals surface area contributed by atoms with E-state index in [2.05, 4.69) is 19.9 Å². The number of fused-ring (bicyclic) bond motifs is 2. The maximum atomic E-state index is 13.6. The summed E-state index contributed by atoms with van der Waals surface area (Å²) in [6, 6.07) is 3.18. The van der Waals surface area contributed by atoms with Crippen LogP contribution in [0.1, 0.15) is 25.3 Å². The van der Waals surface area contributed by atoms with Crippen molar-refractivity contribution in [2.24, 2.45) is 5.92 Å². The lowest BCUT2D eigenvalue weighted by Crippen LogP contribution is -2.21. The van der Waals surface area contributed by atoms with Gasteiger partial charge in [0, 0.05) is 41.0 Å². The lowest BCUT2D eigenvalue weighted by atomic mass is 10.0. The van der Waals surface area contributed by atoms with Crippen molar-refractivity contribution in [1.29, 1.82) is 0 Å². The number of carboxylic acid groups (broad SMARTS) is 1. The van der Waals surface area contributed by atoms with Crippen LogP contribution in [-0.2, 0) is 4.79 Å². The Labute approximate surface area is 152 Å². The van der Waals surface area contributed by atoms with Crippen LogP contribution < -0.4 is 0 Å². The summed E-state index contributed by atoms with van der Waals surface area (Å²) in [6.07, 6.45) is 8.82. The number of hydrogen-bond donors (Lipinski definition) is 2. The molecule has 4 heterocycles. The molecule has 7 nitrogen and oxygen atoms in total. The molecule has 1 saturated carbocycles. The maximum Gasteiger partial charge on any atom is 0.308 e. The summed E-state index contributed by atoms with van der Waals surface area (Å²) in [5.41, 5.74) is 1.91. The molecule has 0 aromatic carbocycles. The largest absolute Gasteiger partial charge is 0.481 e. The minimum absolute atomic E-state index is 0.121. The molecule has 0 saturated heterocycles. The van der Waals surface area contributed by atoms with Crippen molar-refractivity contribution in [1.82, 2.24) is 24.5 Å². The third kappa shape index (κ3) is 2.48. The number of nitrogens with one attached hydrogen (secondary N) is 1. The van der Waals surface area contributed by atoms with Gasteiger partial charge in [-0.2, -0.15) is 0 Å². The Bertz CT molecular complexity index is 1180. The number of aromatic nitrogens is 5. The van der Waals surface area contributed by atoms with Crippen LogP contribution in [0.4, 0.5) is 4.39 Å². The highest BCUT2D eigenvalue weighted by Gasteiger charge is 2.34. The van der Waals surface area contributed by atoms with E-state index in [4.69, 9.17) is 0 Å². The SMILES string of the molecule is O=C(O)[C@H]1CCC[C@@H]1n1ccc2cnc(-c3c[nH]c4ncc(F)cc34)nc21. The minimum Gasteiger partial charge on any atom is -0.481 e. The quantitative estimate of drug-likeness (QED) is 0.579. The van der Waals surface area contributed by atoms with Crippen LogP contribution in [0.3, 0.4) is 0 Å². The van der Waals surface area contributed by atoms with E-state index >= 15 is 0 Å². The van der Waals surface area contributed by atoms with Gasteiger partial charge in [0.15, 0.2) is 5.82 Å². The maximum absolute atomic E-state index is 13.6. The summed E-state index contributed by atoms with van der Waals surface area (Å²) in [6.45, 7) is 0. The zero-order chi connectivity index (χ0) is 18.5. The molecule has 1 fully saturated rings. The van der Waals surface area contributed by atoms with Gasteiger partial charge in [0.25, 0.3) is 0 Å². The summed E-state index contributed by atoms with van der Waals surface area (Å²) < 4.78 is 15.6. The molecular weight excluding hydrogens is 349 g/mol. The molecule has 5 rings (SSSR count). The van der Waals surface area contributed by atoms with Crippen molar-refractivity contribution in [2.45, 2.75) is 25.3 Å². The first-order chi connectivity index (χ1) is 13.1. The zero-order valence-electron chi connectivity index (χ0n) is 14.3. The van der Waals surface area contributed by atoms with Crippen molar-refractivity contribution < 1.29 is 14.3 Å². The van der Waals surface area contributed by atoms with E-state index in [9.17, 15) is 14.3 Å². The smallest absolute Gasteiger partial charge is 0.308 e. The van der Waals surface area contributed by atoms with Crippen molar-refractivity contribution in [3.63, 3.8) is 0 Å². The molecule has 136 valence electrons. The second-order valence-electron chi connectivity index (χ2n) is 6.89. The first-order valence-electron chi connectivity index (χ1n) is 8.81. The molecule has 0 amide bonds. The van der Waals surface area contributed by atoms with Crippen LogP contribution in [0.5, 0.6) is 0 Å². The number of nitrogens with zero attached hydrogens (tertiary/aromatic N) is 4. The molecule has 0 unspecified atom stereocenters. The monoisotopic (exact) mass is 365 g/mol. The van der Waals surface area contributed by atoms with Gasteiger partial charge in [0.05, 0.1) is 12.1 Å². The van der Waals surface area contributed by atoms with Gasteiger partial charge in [-0.1, -0.05) is 6.42 Å². The lowest BCUT2D eigenvalue weighted by Gasteiger charge is -2.18. The molecule has 2 N–H and O–H groups in total. The number of rotatable bonds is 3. The molecule has 2 atom stereocenters. The van der Waals surface area contributed by atoms with E-state index in [1.807, 2.05) is 16.8 Å². The van der Waals surface area contributed by atoms with Gasteiger partial charge < -0.3 is 14.7 Å². The Kier molecular flexibility index (Phi) is 3.46. The second-order valence-corrected chi connectivity index (χ2v) is 6.89. The van der Waals surface area contributed by atoms with Gasteiger partial charge >= 0.3 is 5.97 Å². The van der Waals surface area contributed by atoms with Crippen LogP contribution >= 0.6 is 0 Å². The molecule has 4 aromatic rings. The predicted molar refractivity (Wildman–Crippen MR) is 96.6 cm³/mol. The van der Waals surface area contributed by atoms with Crippen molar-refractivity contribution >= 4 is 28.0 Å². The third-order valence-electron chi connectivity index (χ3n) is 5.35. The van der Waals surface area contributed by atoms with E-state index in [1.165, 1.54) is 6.07 Å². The van der Waals surface area contributed by atoms with Crippen molar-refractivity contribution in [2.75, 3.05) is 0 Å². The number of aromatic amines is 1. The molecule has 1 aliphatic carbocycles. The number of H-pyrrole nitrogens is 1. The zero-order valence-corrected chi connectivity index (χ0v) is 14.3. The molecule has 0 spiro atoms. The number of pyridine rings is 1. The third-order valence-corrected chi connectivity index (χ3v) is 5.35. The predicted octanol–water partition coefficient (Wildman–Crippen LogP) is 3.54. The van der Waals surface area contributed by atoms with E-state index in [-0.39, 0.29) is 6.04 Å². The molecule has 8 heteroatoms. The highest BCUT2D eigenvalue weighted by atomic mass is 19.1. The van der Waals surface area contributed by atoms with Gasteiger partial charge in [0.1, 0.15) is 17.1 Å². The van der Waals surface area contributed by atoms with Crippen molar-refractivity contribution in [3.05, 3.63) is 42.7 Å². The topological polar surface area (TPSA) is 96.7 Å². The van der Waals surface area contributed by atoms with Crippen LogP contribution in [0.2, 0.25) is 0 Å². The molecule has 27 heavy (non-hydrogen) atoms. The standard InChI is InChI=1S/C19H16FN5O2/c20-11-6-13-14(9-23-16(13)22-8-11)17-21-7-10-4-5-25(18(10)24-17)15-3-1-2-12(15)19(26)27/h4-9,12,15H,1-3H2,(H,22,23)(H,26,27)/t12-,15-/m0/s1. The summed E-state index contributed by atoms with van der Waals surface area (Å²) in [5.74, 6) is -1.16. The fourth-order valence-corrected chi connectivity index (χ4v) is 4.06. The highest BCUT2D eigenvalue weighted by molar-refractivity contribution is 5.92. The normalized spacial score (nSPS) is 19.9. The average Bonchev–Trinajstić information content (AvgIpc) is 3.37. The summed E-state index contributed by atoms with van der Waals surface area (Å²) in [7, 11) is 0. The number of halogens is 1. The van der Waals surface area contributed by atoms with Crippen LogP contribution in [0.15, 0.2) is 36.9 Å². The van der Waals surface area contributed by atoms with Gasteiger partial charge in [-0.15, -0.1) is 0 Å². The molecule has 4 aromatic heterocycles. The Balaban J connectivity index is 1.65. The average molecular weight is 365 g/mol. The molecule has 0 radical (unpaired) electrons. The van der Waals surface area contributed by atoms with Crippen LogP contribution in [0, 0.1) is 11.7 Å². The fraction of sp³-hybridized carbons (Fsp3) is 0.263. The molecule has 0 aliphatic heterocycles. The fourth-order valence-electron chi connectivity index (χ4n) is 4.06. The van der Waals surface area contributed by atoms with Gasteiger partial charge in [-0.25, -0.2) is 19.3 Å². The Morgan fingerprint density at radius 1 is 1.30 bits per heavy atom. The van der Waals surface area contributed by atoms with Gasteiger partial charge in [-0.3, -0.25) is 4.79 Å². The van der Waals surface area contributed by atoms with E-state index in [0.29, 0.717) is 34.5 Å². The van der Waals surface area contributed by atoms with Gasteiger partial charge in [0.2, 0.25) is 0 Å². The molecular formula is C19H16FN5O2.